The van der Waals surface area contributed by atoms with Crippen LogP contribution in [-0.2, 0) is 35.1 Å². The molecule has 0 saturated heterocycles. The molecule has 0 aliphatic heterocycles. The molecule has 2 aromatic carbocycles. The van der Waals surface area contributed by atoms with Gasteiger partial charge in [0.15, 0.2) is 0 Å². The van der Waals surface area contributed by atoms with Crippen LogP contribution in [0.3, 0.4) is 0 Å². The van der Waals surface area contributed by atoms with Gasteiger partial charge in [-0.1, -0.05) is 26.0 Å². The second kappa shape index (κ2) is 19.9. The largest absolute Gasteiger partial charge is 0.508 e. The molecule has 306 valence electrons. The topological polar surface area (TPSA) is 258 Å². The van der Waals surface area contributed by atoms with E-state index in [0.29, 0.717) is 27.8 Å². The van der Waals surface area contributed by atoms with E-state index < -0.39 is 89.8 Å². The van der Waals surface area contributed by atoms with Gasteiger partial charge in [0.25, 0.3) is 0 Å². The van der Waals surface area contributed by atoms with E-state index in [4.69, 9.17) is 9.15 Å². The van der Waals surface area contributed by atoms with Gasteiger partial charge in [0.05, 0.1) is 25.0 Å². The van der Waals surface area contributed by atoms with Gasteiger partial charge in [-0.05, 0) is 82.3 Å². The molecule has 6 atom stereocenters. The number of phenolic OH excluding ortho intramolecular Hbond substituents is 1. The number of amides is 4. The Morgan fingerprint density at radius 2 is 1.54 bits per heavy atom. The highest BCUT2D eigenvalue weighted by molar-refractivity contribution is 5.94. The number of esters is 1. The SMILES string of the molecule is CC(=O)NC(Cc1ccc(O)cc1)C(O)NC(C(=O)NC(C)C(=O)NC(CC(=O)OC(C)(C)C)C(=O)NCC(O)Nc1ccc2c(C)cc(=O)oc2c1)C(C)C. The van der Waals surface area contributed by atoms with Crippen molar-refractivity contribution in [3.8, 4) is 5.75 Å². The van der Waals surface area contributed by atoms with Crippen molar-refractivity contribution in [1.29, 1.82) is 0 Å². The molecule has 0 bridgehead atoms. The number of aliphatic hydroxyl groups is 2. The number of carbonyl (C=O) groups is 5. The van der Waals surface area contributed by atoms with Crippen LogP contribution in [0.15, 0.2) is 57.7 Å². The van der Waals surface area contributed by atoms with Crippen molar-refractivity contribution in [2.75, 3.05) is 11.9 Å². The first-order chi connectivity index (χ1) is 26.1. The van der Waals surface area contributed by atoms with E-state index in [-0.39, 0.29) is 18.7 Å². The number of aryl methyl sites for hydroxylation is 1. The number of fused-ring (bicyclic) bond motifs is 1. The van der Waals surface area contributed by atoms with Crippen LogP contribution in [0.4, 0.5) is 5.69 Å². The van der Waals surface area contributed by atoms with Crippen LogP contribution < -0.4 is 37.5 Å². The number of aliphatic hydroxyl groups excluding tert-OH is 2. The minimum Gasteiger partial charge on any atom is -0.508 e. The number of hydrogen-bond donors (Lipinski definition) is 9. The third kappa shape index (κ3) is 14.3. The molecule has 9 N–H and O–H groups in total. The molecule has 6 unspecified atom stereocenters. The summed E-state index contributed by atoms with van der Waals surface area (Å²) >= 11 is 0. The summed E-state index contributed by atoms with van der Waals surface area (Å²) in [7, 11) is 0. The second-order valence-corrected chi connectivity index (χ2v) is 15.0. The fourth-order valence-corrected chi connectivity index (χ4v) is 5.66. The Hall–Kier alpha value is -5.52. The summed E-state index contributed by atoms with van der Waals surface area (Å²) in [5.41, 5.74) is 0.674. The summed E-state index contributed by atoms with van der Waals surface area (Å²) in [5, 5.41) is 47.9. The lowest BCUT2D eigenvalue weighted by molar-refractivity contribution is -0.156. The van der Waals surface area contributed by atoms with Crippen LogP contribution in [0, 0.1) is 12.8 Å². The zero-order chi connectivity index (χ0) is 41.9. The summed E-state index contributed by atoms with van der Waals surface area (Å²) in [6.07, 6.45) is -3.16. The van der Waals surface area contributed by atoms with Crippen molar-refractivity contribution in [2.45, 2.75) is 110 Å². The van der Waals surface area contributed by atoms with Gasteiger partial charge >= 0.3 is 11.6 Å². The van der Waals surface area contributed by atoms with Crippen LogP contribution in [0.25, 0.3) is 11.0 Å². The number of benzene rings is 2. The van der Waals surface area contributed by atoms with Gasteiger partial charge in [-0.2, -0.15) is 0 Å². The third-order valence-corrected chi connectivity index (χ3v) is 8.39. The average Bonchev–Trinajstić information content (AvgIpc) is 3.08. The third-order valence-electron chi connectivity index (χ3n) is 8.39. The van der Waals surface area contributed by atoms with Crippen molar-refractivity contribution >= 4 is 46.3 Å². The highest BCUT2D eigenvalue weighted by Crippen LogP contribution is 2.21. The maximum Gasteiger partial charge on any atom is 0.336 e. The number of hydrogen-bond acceptors (Lipinski definition) is 13. The van der Waals surface area contributed by atoms with Crippen LogP contribution >= 0.6 is 0 Å². The lowest BCUT2D eigenvalue weighted by Crippen LogP contribution is -2.60. The van der Waals surface area contributed by atoms with Crippen molar-refractivity contribution in [1.82, 2.24) is 26.6 Å². The first kappa shape index (κ1) is 44.9. The van der Waals surface area contributed by atoms with Gasteiger partial charge in [0, 0.05) is 30.1 Å². The molecule has 0 spiro atoms. The van der Waals surface area contributed by atoms with Crippen molar-refractivity contribution in [3.05, 3.63) is 70.1 Å². The van der Waals surface area contributed by atoms with E-state index in [1.165, 1.54) is 38.1 Å². The molecule has 1 aromatic heterocycles. The Morgan fingerprint density at radius 3 is 2.14 bits per heavy atom. The number of carbonyl (C=O) groups excluding carboxylic acids is 5. The molecule has 0 fully saturated rings. The Kier molecular flexibility index (Phi) is 15.9. The lowest BCUT2D eigenvalue weighted by atomic mass is 10.00. The number of phenols is 1. The molecule has 3 aromatic rings. The molecule has 1 heterocycles. The number of aromatic hydroxyl groups is 1. The van der Waals surface area contributed by atoms with E-state index >= 15 is 0 Å². The van der Waals surface area contributed by atoms with Gasteiger partial charge < -0.3 is 51.1 Å². The predicted molar refractivity (Wildman–Crippen MR) is 207 cm³/mol. The van der Waals surface area contributed by atoms with E-state index in [2.05, 4.69) is 31.9 Å². The maximum atomic E-state index is 13.5. The van der Waals surface area contributed by atoms with E-state index in [9.17, 15) is 44.1 Å². The van der Waals surface area contributed by atoms with Gasteiger partial charge in [-0.25, -0.2) is 4.79 Å². The molecule has 17 heteroatoms. The number of anilines is 1. The van der Waals surface area contributed by atoms with Gasteiger partial charge in [-0.3, -0.25) is 29.3 Å². The van der Waals surface area contributed by atoms with E-state index in [1.807, 2.05) is 0 Å². The highest BCUT2D eigenvalue weighted by atomic mass is 16.6. The standard InChI is InChI=1S/C39H54N6O11/c1-20(2)34(45-37(53)28(42-23(5)46)16-24-9-12-26(47)13-10-24)38(54)41-22(4)35(51)44-29(18-33(50)56-39(6,7)8)36(52)40-19-31(48)43-25-11-14-27-21(3)15-32(49)55-30(27)17-25/h9-15,17,20,22,28-29,31,34,37,43,45,47-48,53H,16,18-19H2,1-8H3,(H,40,52)(H,41,54)(H,42,46)(H,44,51). The van der Waals surface area contributed by atoms with Gasteiger partial charge in [0.2, 0.25) is 23.6 Å². The Morgan fingerprint density at radius 1 is 0.875 bits per heavy atom. The lowest BCUT2D eigenvalue weighted by Gasteiger charge is -2.31. The number of rotatable bonds is 18. The molecule has 0 radical (unpaired) electrons. The predicted octanol–water partition coefficient (Wildman–Crippen LogP) is 1.05. The fourth-order valence-electron chi connectivity index (χ4n) is 5.66. The molecule has 17 nitrogen and oxygen atoms in total. The van der Waals surface area contributed by atoms with Crippen LogP contribution in [0.5, 0.6) is 5.75 Å². The van der Waals surface area contributed by atoms with Crippen molar-refractivity contribution in [2.24, 2.45) is 5.92 Å². The van der Waals surface area contributed by atoms with E-state index in [0.717, 1.165) is 0 Å². The number of nitrogens with one attached hydrogen (secondary N) is 6. The monoisotopic (exact) mass is 782 g/mol. The fraction of sp³-hybridized carbons (Fsp3) is 0.487. The van der Waals surface area contributed by atoms with Crippen LogP contribution in [-0.4, -0.2) is 93.7 Å². The Balaban J connectivity index is 1.67. The van der Waals surface area contributed by atoms with Gasteiger partial charge in [0.1, 0.15) is 41.5 Å². The second-order valence-electron chi connectivity index (χ2n) is 15.0. The molecular formula is C39H54N6O11. The Bertz CT molecular complexity index is 1910. The highest BCUT2D eigenvalue weighted by Gasteiger charge is 2.33. The normalized spacial score (nSPS) is 14.8. The smallest absolute Gasteiger partial charge is 0.336 e. The minimum atomic E-state index is -1.47. The summed E-state index contributed by atoms with van der Waals surface area (Å²) in [6.45, 7) is 12.4. The molecule has 0 aliphatic rings. The van der Waals surface area contributed by atoms with Crippen molar-refractivity contribution in [3.63, 3.8) is 0 Å². The summed E-state index contributed by atoms with van der Waals surface area (Å²) in [5.74, 6) is -3.88. The molecule has 56 heavy (non-hydrogen) atoms. The number of ether oxygens (including phenoxy) is 1. The average molecular weight is 783 g/mol. The van der Waals surface area contributed by atoms with Crippen LogP contribution in [0.2, 0.25) is 0 Å². The van der Waals surface area contributed by atoms with Gasteiger partial charge in [-0.15, -0.1) is 0 Å². The molecule has 3 rings (SSSR count). The van der Waals surface area contributed by atoms with E-state index in [1.54, 1.807) is 65.8 Å². The summed E-state index contributed by atoms with van der Waals surface area (Å²) in [6, 6.07) is 7.83. The molecular weight excluding hydrogens is 728 g/mol. The summed E-state index contributed by atoms with van der Waals surface area (Å²) in [4.78, 5) is 76.7. The maximum absolute atomic E-state index is 13.5. The quantitative estimate of drug-likeness (QED) is 0.0498. The molecule has 0 saturated carbocycles. The molecule has 0 aliphatic carbocycles. The summed E-state index contributed by atoms with van der Waals surface area (Å²) < 4.78 is 10.6. The first-order valence-corrected chi connectivity index (χ1v) is 18.2. The zero-order valence-electron chi connectivity index (χ0n) is 32.9. The van der Waals surface area contributed by atoms with Crippen LogP contribution in [0.1, 0.15) is 66.0 Å². The minimum absolute atomic E-state index is 0.0493. The molecule has 4 amide bonds. The zero-order valence-corrected chi connectivity index (χ0v) is 32.9. The first-order valence-electron chi connectivity index (χ1n) is 18.2. The van der Waals surface area contributed by atoms with Crippen molar-refractivity contribution < 1.29 is 48.4 Å². The Labute approximate surface area is 324 Å².